The Balaban J connectivity index is 2.38. The molecule has 0 aliphatic heterocycles. The van der Waals surface area contributed by atoms with Crippen LogP contribution >= 0.6 is 11.6 Å². The van der Waals surface area contributed by atoms with E-state index < -0.39 is 11.6 Å². The summed E-state index contributed by atoms with van der Waals surface area (Å²) in [6.45, 7) is 7.27. The Morgan fingerprint density at radius 3 is 2.89 bits per heavy atom. The molecule has 2 N–H and O–H groups in total. The molecule has 4 heteroatoms. The summed E-state index contributed by atoms with van der Waals surface area (Å²) in [6.07, 6.45) is 3.96. The van der Waals surface area contributed by atoms with Crippen LogP contribution in [0.25, 0.3) is 0 Å². The number of aromatic hydroxyl groups is 1. The van der Waals surface area contributed by atoms with E-state index in [2.05, 4.69) is 18.8 Å². The maximum atomic E-state index is 13.2. The summed E-state index contributed by atoms with van der Waals surface area (Å²) < 4.78 is 13.2. The molecule has 0 aliphatic rings. The largest absolute Gasteiger partial charge is 0.504 e. The molecule has 0 bridgehead atoms. The molecule has 0 aromatic heterocycles. The molecule has 100 valence electrons. The molecule has 0 aliphatic carbocycles. The van der Waals surface area contributed by atoms with Gasteiger partial charge in [-0.15, -0.1) is 6.58 Å². The normalized spacial score (nSPS) is 12.4. The van der Waals surface area contributed by atoms with Gasteiger partial charge in [-0.2, -0.15) is 0 Å². The highest BCUT2D eigenvalue weighted by molar-refractivity contribution is 6.32. The SMILES string of the molecule is C=CCC(C)CCNCc1cc(F)c(O)c(Cl)c1. The summed E-state index contributed by atoms with van der Waals surface area (Å²) in [6, 6.07) is 2.86. The first-order valence-electron chi connectivity index (χ1n) is 6.03. The van der Waals surface area contributed by atoms with Gasteiger partial charge in [0.1, 0.15) is 0 Å². The lowest BCUT2D eigenvalue weighted by Gasteiger charge is -2.10. The minimum absolute atomic E-state index is 0.0480. The van der Waals surface area contributed by atoms with E-state index >= 15 is 0 Å². The highest BCUT2D eigenvalue weighted by atomic mass is 35.5. The van der Waals surface area contributed by atoms with E-state index in [0.717, 1.165) is 24.9 Å². The Bertz CT molecular complexity index is 386. The number of phenols is 1. The first kappa shape index (κ1) is 15.0. The monoisotopic (exact) mass is 271 g/mol. The van der Waals surface area contributed by atoms with E-state index in [1.807, 2.05) is 6.08 Å². The van der Waals surface area contributed by atoms with Gasteiger partial charge in [-0.3, -0.25) is 0 Å². The molecule has 1 aromatic carbocycles. The molecule has 0 radical (unpaired) electrons. The number of benzene rings is 1. The van der Waals surface area contributed by atoms with E-state index in [9.17, 15) is 9.50 Å². The van der Waals surface area contributed by atoms with Gasteiger partial charge in [0.25, 0.3) is 0 Å². The van der Waals surface area contributed by atoms with Crippen LogP contribution in [-0.2, 0) is 6.54 Å². The lowest BCUT2D eigenvalue weighted by Crippen LogP contribution is -2.17. The average molecular weight is 272 g/mol. The second-order valence-corrected chi connectivity index (χ2v) is 4.91. The van der Waals surface area contributed by atoms with Crippen molar-refractivity contribution in [2.75, 3.05) is 6.54 Å². The second kappa shape index (κ2) is 7.39. The molecule has 18 heavy (non-hydrogen) atoms. The summed E-state index contributed by atoms with van der Waals surface area (Å²) in [7, 11) is 0. The van der Waals surface area contributed by atoms with Crippen LogP contribution in [0.2, 0.25) is 5.02 Å². The van der Waals surface area contributed by atoms with Crippen molar-refractivity contribution in [1.82, 2.24) is 5.32 Å². The van der Waals surface area contributed by atoms with Crippen LogP contribution in [0.4, 0.5) is 4.39 Å². The standard InChI is InChI=1S/C14H19ClFNO/c1-3-4-10(2)5-6-17-9-11-7-12(15)14(18)13(16)8-11/h3,7-8,10,17-18H,1,4-6,9H2,2H3. The molecule has 0 saturated heterocycles. The molecule has 1 rings (SSSR count). The molecule has 0 heterocycles. The van der Waals surface area contributed by atoms with Crippen LogP contribution in [0.3, 0.4) is 0 Å². The summed E-state index contributed by atoms with van der Waals surface area (Å²) in [5, 5.41) is 12.5. The van der Waals surface area contributed by atoms with Gasteiger partial charge in [0.15, 0.2) is 11.6 Å². The van der Waals surface area contributed by atoms with E-state index in [4.69, 9.17) is 11.6 Å². The number of phenolic OH excluding ortho intramolecular Hbond substituents is 1. The molecule has 0 amide bonds. The van der Waals surface area contributed by atoms with Gasteiger partial charge < -0.3 is 10.4 Å². The smallest absolute Gasteiger partial charge is 0.170 e. The minimum atomic E-state index is -0.681. The number of nitrogens with one attached hydrogen (secondary N) is 1. The van der Waals surface area contributed by atoms with Gasteiger partial charge >= 0.3 is 0 Å². The zero-order valence-corrected chi connectivity index (χ0v) is 11.3. The maximum absolute atomic E-state index is 13.2. The van der Waals surface area contributed by atoms with Gasteiger partial charge in [-0.1, -0.05) is 24.6 Å². The van der Waals surface area contributed by atoms with Crippen LogP contribution in [0.15, 0.2) is 24.8 Å². The van der Waals surface area contributed by atoms with Crippen molar-refractivity contribution in [1.29, 1.82) is 0 Å². The van der Waals surface area contributed by atoms with Crippen molar-refractivity contribution in [2.24, 2.45) is 5.92 Å². The second-order valence-electron chi connectivity index (χ2n) is 4.50. The zero-order chi connectivity index (χ0) is 13.5. The molecule has 1 atom stereocenters. The first-order chi connectivity index (χ1) is 8.54. The number of halogens is 2. The van der Waals surface area contributed by atoms with Gasteiger partial charge in [-0.05, 0) is 43.0 Å². The molecular weight excluding hydrogens is 253 g/mol. The number of rotatable bonds is 7. The molecular formula is C14H19ClFNO. The summed E-state index contributed by atoms with van der Waals surface area (Å²) in [5.74, 6) is -0.575. The fourth-order valence-electron chi connectivity index (χ4n) is 1.70. The Labute approximate surface area is 112 Å². The van der Waals surface area contributed by atoms with Gasteiger partial charge in [-0.25, -0.2) is 4.39 Å². The Morgan fingerprint density at radius 1 is 1.56 bits per heavy atom. The lowest BCUT2D eigenvalue weighted by molar-refractivity contribution is 0.431. The van der Waals surface area contributed by atoms with Gasteiger partial charge in [0, 0.05) is 6.54 Å². The van der Waals surface area contributed by atoms with Crippen molar-refractivity contribution in [3.05, 3.63) is 41.2 Å². The third kappa shape index (κ3) is 4.67. The third-order valence-corrected chi connectivity index (χ3v) is 3.08. The van der Waals surface area contributed by atoms with E-state index in [-0.39, 0.29) is 5.02 Å². The molecule has 1 unspecified atom stereocenters. The number of allylic oxidation sites excluding steroid dienone is 1. The maximum Gasteiger partial charge on any atom is 0.170 e. The highest BCUT2D eigenvalue weighted by Crippen LogP contribution is 2.27. The Kier molecular flexibility index (Phi) is 6.16. The van der Waals surface area contributed by atoms with Crippen LogP contribution in [0, 0.1) is 11.7 Å². The van der Waals surface area contributed by atoms with Crippen molar-refractivity contribution in [3.8, 4) is 5.75 Å². The first-order valence-corrected chi connectivity index (χ1v) is 6.41. The van der Waals surface area contributed by atoms with Crippen molar-refractivity contribution >= 4 is 11.6 Å². The molecule has 1 aromatic rings. The molecule has 0 spiro atoms. The van der Waals surface area contributed by atoms with E-state index in [0.29, 0.717) is 12.5 Å². The van der Waals surface area contributed by atoms with Crippen molar-refractivity contribution < 1.29 is 9.50 Å². The fourth-order valence-corrected chi connectivity index (χ4v) is 1.93. The third-order valence-electron chi connectivity index (χ3n) is 2.79. The summed E-state index contributed by atoms with van der Waals surface area (Å²) >= 11 is 5.69. The van der Waals surface area contributed by atoms with Gasteiger partial charge in [0.05, 0.1) is 5.02 Å². The number of hydrogen-bond acceptors (Lipinski definition) is 2. The van der Waals surface area contributed by atoms with Crippen LogP contribution in [-0.4, -0.2) is 11.7 Å². The van der Waals surface area contributed by atoms with E-state index in [1.165, 1.54) is 6.07 Å². The van der Waals surface area contributed by atoms with Crippen LogP contribution < -0.4 is 5.32 Å². The summed E-state index contributed by atoms with van der Waals surface area (Å²) in [5.41, 5.74) is 0.728. The minimum Gasteiger partial charge on any atom is -0.504 e. The topological polar surface area (TPSA) is 32.3 Å². The van der Waals surface area contributed by atoms with E-state index in [1.54, 1.807) is 6.07 Å². The lowest BCUT2D eigenvalue weighted by atomic mass is 10.0. The summed E-state index contributed by atoms with van der Waals surface area (Å²) in [4.78, 5) is 0. The molecule has 2 nitrogen and oxygen atoms in total. The average Bonchev–Trinajstić information content (AvgIpc) is 2.32. The zero-order valence-electron chi connectivity index (χ0n) is 10.5. The van der Waals surface area contributed by atoms with Gasteiger partial charge in [0.2, 0.25) is 0 Å². The van der Waals surface area contributed by atoms with Crippen LogP contribution in [0.5, 0.6) is 5.75 Å². The molecule has 0 saturated carbocycles. The fraction of sp³-hybridized carbons (Fsp3) is 0.429. The predicted octanol–water partition coefficient (Wildman–Crippen LogP) is 3.88. The van der Waals surface area contributed by atoms with Crippen molar-refractivity contribution in [2.45, 2.75) is 26.3 Å². The quantitative estimate of drug-likeness (QED) is 0.583. The molecule has 0 fully saturated rings. The van der Waals surface area contributed by atoms with Crippen molar-refractivity contribution in [3.63, 3.8) is 0 Å². The Hall–Kier alpha value is -1.06. The Morgan fingerprint density at radius 2 is 2.28 bits per heavy atom. The van der Waals surface area contributed by atoms with Crippen LogP contribution in [0.1, 0.15) is 25.3 Å². The highest BCUT2D eigenvalue weighted by Gasteiger charge is 2.07. The number of hydrogen-bond donors (Lipinski definition) is 2. The predicted molar refractivity (Wildman–Crippen MR) is 73.4 cm³/mol.